The van der Waals surface area contributed by atoms with E-state index in [0.29, 0.717) is 52.5 Å². The number of allylic oxidation sites excluding steroid dienone is 4. The molecule has 0 heterocycles. The first-order valence-electron chi connectivity index (χ1n) is 11.8. The number of hydrogen-bond donors (Lipinski definition) is 2. The minimum absolute atomic E-state index is 0.0535. The lowest BCUT2D eigenvalue weighted by molar-refractivity contribution is 0.0785. The Bertz CT molecular complexity index is 918. The third-order valence-electron chi connectivity index (χ3n) is 7.99. The summed E-state index contributed by atoms with van der Waals surface area (Å²) in [6.45, 7) is 10.9. The van der Waals surface area contributed by atoms with Crippen molar-refractivity contribution in [1.29, 1.82) is 0 Å². The van der Waals surface area contributed by atoms with Crippen molar-refractivity contribution in [3.05, 3.63) is 45.5 Å². The summed E-state index contributed by atoms with van der Waals surface area (Å²) in [5.41, 5.74) is 2.52. The Kier molecular flexibility index (Phi) is 7.77. The lowest BCUT2D eigenvalue weighted by Gasteiger charge is -2.48. The molecule has 2 N–H and O–H groups in total. The van der Waals surface area contributed by atoms with Crippen LogP contribution in [0.15, 0.2) is 23.8 Å². The van der Waals surface area contributed by atoms with Crippen LogP contribution in [0.2, 0.25) is 5.02 Å². The summed E-state index contributed by atoms with van der Waals surface area (Å²) < 4.78 is 5.46. The zero-order chi connectivity index (χ0) is 23.6. The van der Waals surface area contributed by atoms with E-state index in [2.05, 4.69) is 51.2 Å². The molecule has 0 saturated heterocycles. The Hall–Kier alpha value is -1.78. The monoisotopic (exact) mass is 459 g/mol. The van der Waals surface area contributed by atoms with E-state index >= 15 is 0 Å². The standard InChI is InChI=1S/C27H38ClNO3/c1-16(7-11-21-25(31)22(15-30)18(3)24(28)26(21)32-6)13-14-27(5)17(2)8-12-23(19(27)4)29-20-9-10-20/h7,13-15,17,19-20,23,29,31H,8-12H2,1-6H3/b14-13+,16-7+/t17-,19+,23?,27+/m1/s1. The summed E-state index contributed by atoms with van der Waals surface area (Å²) in [7, 11) is 1.53. The average Bonchev–Trinajstić information content (AvgIpc) is 3.59. The molecule has 2 aliphatic carbocycles. The Morgan fingerprint density at radius 2 is 1.97 bits per heavy atom. The second-order valence-electron chi connectivity index (χ2n) is 10.00. The number of carbonyl (C=O) groups excluding carboxylic acids is 1. The van der Waals surface area contributed by atoms with Gasteiger partial charge in [-0.25, -0.2) is 0 Å². The van der Waals surface area contributed by atoms with Gasteiger partial charge in [0.1, 0.15) is 11.5 Å². The molecule has 2 fully saturated rings. The molecule has 3 rings (SSSR count). The van der Waals surface area contributed by atoms with Crippen molar-refractivity contribution in [2.24, 2.45) is 17.3 Å². The minimum atomic E-state index is -0.0535. The zero-order valence-corrected chi connectivity index (χ0v) is 21.1. The van der Waals surface area contributed by atoms with Crippen LogP contribution >= 0.6 is 11.6 Å². The lowest BCUT2D eigenvalue weighted by atomic mass is 9.60. The highest BCUT2D eigenvalue weighted by Gasteiger charge is 2.43. The summed E-state index contributed by atoms with van der Waals surface area (Å²) in [6.07, 6.45) is 12.8. The second-order valence-corrected chi connectivity index (χ2v) is 10.4. The van der Waals surface area contributed by atoms with E-state index in [1.807, 2.05) is 0 Å². The number of aromatic hydroxyl groups is 1. The summed E-state index contributed by atoms with van der Waals surface area (Å²) in [6, 6.07) is 1.31. The Labute approximate surface area is 198 Å². The third-order valence-corrected chi connectivity index (χ3v) is 8.44. The van der Waals surface area contributed by atoms with Crippen LogP contribution in [-0.2, 0) is 6.42 Å². The van der Waals surface area contributed by atoms with Crippen molar-refractivity contribution in [2.45, 2.75) is 78.8 Å². The highest BCUT2D eigenvalue weighted by Crippen LogP contribution is 2.47. The molecule has 0 amide bonds. The molecule has 2 saturated carbocycles. The fraction of sp³-hybridized carbons (Fsp3) is 0.593. The molecular weight excluding hydrogens is 422 g/mol. The third kappa shape index (κ3) is 4.92. The van der Waals surface area contributed by atoms with Crippen LogP contribution in [0.1, 0.15) is 74.9 Å². The van der Waals surface area contributed by atoms with E-state index in [1.165, 1.54) is 32.8 Å². The fourth-order valence-electron chi connectivity index (χ4n) is 5.03. The lowest BCUT2D eigenvalue weighted by Crippen LogP contribution is -2.49. The van der Waals surface area contributed by atoms with Gasteiger partial charge in [0.15, 0.2) is 6.29 Å². The molecule has 1 unspecified atom stereocenters. The van der Waals surface area contributed by atoms with Crippen molar-refractivity contribution in [3.8, 4) is 11.5 Å². The maximum Gasteiger partial charge on any atom is 0.154 e. The van der Waals surface area contributed by atoms with Crippen molar-refractivity contribution in [1.82, 2.24) is 5.32 Å². The van der Waals surface area contributed by atoms with Crippen molar-refractivity contribution < 1.29 is 14.6 Å². The first-order valence-corrected chi connectivity index (χ1v) is 12.2. The van der Waals surface area contributed by atoms with E-state index in [9.17, 15) is 9.90 Å². The molecule has 0 aliphatic heterocycles. The summed E-state index contributed by atoms with van der Waals surface area (Å²) >= 11 is 6.40. The molecule has 5 heteroatoms. The van der Waals surface area contributed by atoms with Crippen LogP contribution in [0.3, 0.4) is 0 Å². The number of ether oxygens (including phenoxy) is 1. The van der Waals surface area contributed by atoms with Gasteiger partial charge in [0.2, 0.25) is 0 Å². The predicted molar refractivity (Wildman–Crippen MR) is 132 cm³/mol. The number of methoxy groups -OCH3 is 1. The van der Waals surface area contributed by atoms with E-state index in [1.54, 1.807) is 6.92 Å². The molecule has 0 aromatic heterocycles. The summed E-state index contributed by atoms with van der Waals surface area (Å²) in [4.78, 5) is 11.5. The van der Waals surface area contributed by atoms with Gasteiger partial charge >= 0.3 is 0 Å². The quantitative estimate of drug-likeness (QED) is 0.348. The second kappa shape index (κ2) is 10.0. The van der Waals surface area contributed by atoms with E-state index in [0.717, 1.165) is 11.6 Å². The molecule has 2 aliphatic rings. The fourth-order valence-corrected chi connectivity index (χ4v) is 5.32. The SMILES string of the molecule is COc1c(Cl)c(C)c(C=O)c(O)c1C/C=C(C)/C=C/[C@@]1(C)[C@H](C)CCC(NC2CC2)[C@@H]1C. The van der Waals surface area contributed by atoms with Crippen LogP contribution in [0, 0.1) is 24.2 Å². The van der Waals surface area contributed by atoms with Gasteiger partial charge in [0, 0.05) is 17.6 Å². The van der Waals surface area contributed by atoms with Gasteiger partial charge in [-0.3, -0.25) is 4.79 Å². The molecule has 32 heavy (non-hydrogen) atoms. The van der Waals surface area contributed by atoms with E-state index in [4.69, 9.17) is 16.3 Å². The molecule has 176 valence electrons. The number of benzene rings is 1. The average molecular weight is 460 g/mol. The van der Waals surface area contributed by atoms with Gasteiger partial charge in [0.05, 0.1) is 17.7 Å². The minimum Gasteiger partial charge on any atom is -0.507 e. The van der Waals surface area contributed by atoms with Crippen LogP contribution < -0.4 is 10.1 Å². The first-order chi connectivity index (χ1) is 15.1. The van der Waals surface area contributed by atoms with Gasteiger partial charge < -0.3 is 15.2 Å². The number of hydrogen-bond acceptors (Lipinski definition) is 4. The largest absolute Gasteiger partial charge is 0.507 e. The van der Waals surface area contributed by atoms with Gasteiger partial charge in [-0.2, -0.15) is 0 Å². The Balaban J connectivity index is 1.81. The van der Waals surface area contributed by atoms with Crippen LogP contribution in [-0.4, -0.2) is 30.6 Å². The van der Waals surface area contributed by atoms with Crippen molar-refractivity contribution in [3.63, 3.8) is 0 Å². The van der Waals surface area contributed by atoms with Crippen molar-refractivity contribution in [2.75, 3.05) is 7.11 Å². The number of carbonyl (C=O) groups is 1. The van der Waals surface area contributed by atoms with Gasteiger partial charge in [-0.15, -0.1) is 0 Å². The molecule has 4 atom stereocenters. The van der Waals surface area contributed by atoms with Crippen molar-refractivity contribution >= 4 is 17.9 Å². The topological polar surface area (TPSA) is 58.6 Å². The highest BCUT2D eigenvalue weighted by molar-refractivity contribution is 6.33. The Morgan fingerprint density at radius 1 is 1.28 bits per heavy atom. The molecule has 0 bridgehead atoms. The smallest absolute Gasteiger partial charge is 0.154 e. The number of nitrogens with one attached hydrogen (secondary N) is 1. The maximum absolute atomic E-state index is 11.5. The molecule has 1 aromatic rings. The van der Waals surface area contributed by atoms with E-state index < -0.39 is 0 Å². The summed E-state index contributed by atoms with van der Waals surface area (Å²) in [5, 5.41) is 14.9. The van der Waals surface area contributed by atoms with Crippen LogP contribution in [0.5, 0.6) is 11.5 Å². The van der Waals surface area contributed by atoms with Gasteiger partial charge in [0.25, 0.3) is 0 Å². The highest BCUT2D eigenvalue weighted by atomic mass is 35.5. The zero-order valence-electron chi connectivity index (χ0n) is 20.3. The number of rotatable bonds is 8. The predicted octanol–water partition coefficient (Wildman–Crippen LogP) is 6.41. The maximum atomic E-state index is 11.5. The molecular formula is C27H38ClNO3. The van der Waals surface area contributed by atoms with Crippen LogP contribution in [0.4, 0.5) is 0 Å². The van der Waals surface area contributed by atoms with Gasteiger partial charge in [-0.1, -0.05) is 56.2 Å². The molecule has 0 spiro atoms. The number of phenolic OH excluding ortho intramolecular Hbond substituents is 1. The molecule has 4 nitrogen and oxygen atoms in total. The molecule has 0 radical (unpaired) electrons. The Morgan fingerprint density at radius 3 is 2.56 bits per heavy atom. The number of aldehydes is 1. The number of phenols is 1. The normalized spacial score (nSPS) is 28.8. The molecule has 1 aromatic carbocycles. The van der Waals surface area contributed by atoms with Gasteiger partial charge in [-0.05, 0) is 68.8 Å². The van der Waals surface area contributed by atoms with E-state index in [-0.39, 0.29) is 16.7 Å². The van der Waals surface area contributed by atoms with Crippen LogP contribution in [0.25, 0.3) is 0 Å². The summed E-state index contributed by atoms with van der Waals surface area (Å²) in [5.74, 6) is 1.55. The number of halogens is 1. The first kappa shape index (κ1) is 24.9.